The molecule has 2 N–H and O–H groups in total. The van der Waals surface area contributed by atoms with Gasteiger partial charge in [-0.3, -0.25) is 0 Å². The molecule has 1 atom stereocenters. The molecular formula is C14H13BrFNS. The normalized spacial score (nSPS) is 12.4. The van der Waals surface area contributed by atoms with Gasteiger partial charge in [-0.15, -0.1) is 11.8 Å². The van der Waals surface area contributed by atoms with Crippen LogP contribution >= 0.6 is 27.7 Å². The van der Waals surface area contributed by atoms with Crippen LogP contribution < -0.4 is 5.73 Å². The second-order valence-electron chi connectivity index (χ2n) is 3.82. The molecule has 0 heterocycles. The van der Waals surface area contributed by atoms with Crippen LogP contribution in [-0.2, 0) is 0 Å². The van der Waals surface area contributed by atoms with Crippen molar-refractivity contribution in [3.05, 3.63) is 64.4 Å². The highest BCUT2D eigenvalue weighted by molar-refractivity contribution is 9.10. The summed E-state index contributed by atoms with van der Waals surface area (Å²) < 4.78 is 14.7. The molecule has 2 rings (SSSR count). The quantitative estimate of drug-likeness (QED) is 0.844. The summed E-state index contributed by atoms with van der Waals surface area (Å²) in [5.41, 5.74) is 6.42. The van der Waals surface area contributed by atoms with E-state index in [1.807, 2.05) is 30.3 Å². The van der Waals surface area contributed by atoms with E-state index in [4.69, 9.17) is 5.73 Å². The van der Waals surface area contributed by atoms with Crippen molar-refractivity contribution < 1.29 is 4.39 Å². The van der Waals surface area contributed by atoms with Crippen LogP contribution in [0.15, 0.2) is 57.9 Å². The third-order valence-electron chi connectivity index (χ3n) is 2.54. The van der Waals surface area contributed by atoms with Crippen molar-refractivity contribution in [2.24, 2.45) is 5.73 Å². The van der Waals surface area contributed by atoms with Crippen LogP contribution in [0.25, 0.3) is 0 Å². The van der Waals surface area contributed by atoms with E-state index in [1.165, 1.54) is 6.07 Å². The van der Waals surface area contributed by atoms with Gasteiger partial charge in [0, 0.05) is 26.7 Å². The third kappa shape index (κ3) is 3.34. The number of nitrogens with two attached hydrogens (primary N) is 1. The molecule has 2 aromatic rings. The van der Waals surface area contributed by atoms with E-state index in [2.05, 4.69) is 15.9 Å². The van der Waals surface area contributed by atoms with E-state index >= 15 is 0 Å². The average Bonchev–Trinajstić information content (AvgIpc) is 2.37. The van der Waals surface area contributed by atoms with Crippen LogP contribution in [0.4, 0.5) is 4.39 Å². The average molecular weight is 326 g/mol. The Morgan fingerprint density at radius 3 is 2.61 bits per heavy atom. The van der Waals surface area contributed by atoms with Gasteiger partial charge in [0.05, 0.1) is 0 Å². The van der Waals surface area contributed by atoms with Crippen LogP contribution in [0.5, 0.6) is 0 Å². The molecule has 0 aliphatic carbocycles. The minimum atomic E-state index is -0.199. The Labute approximate surface area is 119 Å². The fourth-order valence-electron chi connectivity index (χ4n) is 1.68. The van der Waals surface area contributed by atoms with Crippen molar-refractivity contribution in [1.82, 2.24) is 0 Å². The van der Waals surface area contributed by atoms with Gasteiger partial charge in [-0.25, -0.2) is 4.39 Å². The SMILES string of the molecule is NCC(Sc1cccc(Br)c1)c1ccccc1F. The van der Waals surface area contributed by atoms with E-state index < -0.39 is 0 Å². The molecule has 0 fully saturated rings. The summed E-state index contributed by atoms with van der Waals surface area (Å²) >= 11 is 5.00. The summed E-state index contributed by atoms with van der Waals surface area (Å²) in [4.78, 5) is 1.07. The highest BCUT2D eigenvalue weighted by atomic mass is 79.9. The largest absolute Gasteiger partial charge is 0.329 e. The molecule has 0 amide bonds. The lowest BCUT2D eigenvalue weighted by Gasteiger charge is -2.15. The van der Waals surface area contributed by atoms with Crippen molar-refractivity contribution in [2.45, 2.75) is 10.1 Å². The summed E-state index contributed by atoms with van der Waals surface area (Å²) in [6.45, 7) is 0.401. The molecule has 94 valence electrons. The summed E-state index contributed by atoms with van der Waals surface area (Å²) in [5, 5.41) is -0.0690. The third-order valence-corrected chi connectivity index (χ3v) is 4.29. The number of hydrogen-bond acceptors (Lipinski definition) is 2. The van der Waals surface area contributed by atoms with Crippen LogP contribution in [0.1, 0.15) is 10.8 Å². The fourth-order valence-corrected chi connectivity index (χ4v) is 3.33. The Balaban J connectivity index is 2.23. The van der Waals surface area contributed by atoms with Gasteiger partial charge in [0.25, 0.3) is 0 Å². The topological polar surface area (TPSA) is 26.0 Å². The van der Waals surface area contributed by atoms with Crippen LogP contribution in [-0.4, -0.2) is 6.54 Å². The minimum absolute atomic E-state index is 0.0690. The molecule has 1 unspecified atom stereocenters. The first-order valence-corrected chi connectivity index (χ1v) is 7.24. The summed E-state index contributed by atoms with van der Waals surface area (Å²) in [7, 11) is 0. The maximum absolute atomic E-state index is 13.7. The fraction of sp³-hybridized carbons (Fsp3) is 0.143. The van der Waals surface area contributed by atoms with Crippen molar-refractivity contribution in [2.75, 3.05) is 6.54 Å². The molecule has 0 aliphatic rings. The van der Waals surface area contributed by atoms with Gasteiger partial charge in [0.15, 0.2) is 0 Å². The molecule has 2 aromatic carbocycles. The smallest absolute Gasteiger partial charge is 0.127 e. The highest BCUT2D eigenvalue weighted by Crippen LogP contribution is 2.36. The predicted octanol–water partition coefficient (Wildman–Crippen LogP) is 4.38. The molecule has 0 saturated heterocycles. The lowest BCUT2D eigenvalue weighted by molar-refractivity contribution is 0.608. The molecule has 0 radical (unpaired) electrons. The first-order valence-electron chi connectivity index (χ1n) is 5.57. The molecule has 0 aliphatic heterocycles. The van der Waals surface area contributed by atoms with E-state index in [0.717, 1.165) is 9.37 Å². The standard InChI is InChI=1S/C14H13BrFNS/c15-10-4-3-5-11(8-10)18-14(9-17)12-6-1-2-7-13(12)16/h1-8,14H,9,17H2. The Hall–Kier alpha value is -0.840. The minimum Gasteiger partial charge on any atom is -0.329 e. The van der Waals surface area contributed by atoms with Gasteiger partial charge in [-0.2, -0.15) is 0 Å². The molecule has 0 saturated carbocycles. The van der Waals surface area contributed by atoms with Gasteiger partial charge < -0.3 is 5.73 Å². The number of halogens is 2. The van der Waals surface area contributed by atoms with Gasteiger partial charge in [0.1, 0.15) is 5.82 Å². The monoisotopic (exact) mass is 325 g/mol. The maximum Gasteiger partial charge on any atom is 0.127 e. The molecule has 0 bridgehead atoms. The molecule has 0 spiro atoms. The second-order valence-corrected chi connectivity index (χ2v) is 6.01. The van der Waals surface area contributed by atoms with Crippen molar-refractivity contribution in [3.63, 3.8) is 0 Å². The molecule has 1 nitrogen and oxygen atoms in total. The summed E-state index contributed by atoms with van der Waals surface area (Å²) in [6, 6.07) is 14.7. The first-order chi connectivity index (χ1) is 8.70. The zero-order valence-electron chi connectivity index (χ0n) is 9.64. The van der Waals surface area contributed by atoms with Gasteiger partial charge in [-0.1, -0.05) is 40.2 Å². The molecular weight excluding hydrogens is 313 g/mol. The van der Waals surface area contributed by atoms with Gasteiger partial charge >= 0.3 is 0 Å². The molecule has 4 heteroatoms. The van der Waals surface area contributed by atoms with Crippen LogP contribution in [0.3, 0.4) is 0 Å². The Kier molecular flexibility index (Phi) is 4.80. The number of thioether (sulfide) groups is 1. The molecule has 18 heavy (non-hydrogen) atoms. The summed E-state index contributed by atoms with van der Waals surface area (Å²) in [6.07, 6.45) is 0. The highest BCUT2D eigenvalue weighted by Gasteiger charge is 2.15. The zero-order chi connectivity index (χ0) is 13.0. The predicted molar refractivity (Wildman–Crippen MR) is 78.2 cm³/mol. The van der Waals surface area contributed by atoms with E-state index in [9.17, 15) is 4.39 Å². The first kappa shape index (κ1) is 13.6. The molecule has 0 aromatic heterocycles. The van der Waals surface area contributed by atoms with Crippen molar-refractivity contribution in [1.29, 1.82) is 0 Å². The number of benzene rings is 2. The van der Waals surface area contributed by atoms with Gasteiger partial charge in [0.2, 0.25) is 0 Å². The lowest BCUT2D eigenvalue weighted by Crippen LogP contribution is -2.10. The Morgan fingerprint density at radius 1 is 1.17 bits per heavy atom. The van der Waals surface area contributed by atoms with Crippen LogP contribution in [0.2, 0.25) is 0 Å². The Bertz CT molecular complexity index is 533. The summed E-state index contributed by atoms with van der Waals surface area (Å²) in [5.74, 6) is -0.199. The number of rotatable bonds is 4. The van der Waals surface area contributed by atoms with E-state index in [1.54, 1.807) is 23.9 Å². The van der Waals surface area contributed by atoms with Crippen molar-refractivity contribution >= 4 is 27.7 Å². The van der Waals surface area contributed by atoms with Gasteiger partial charge in [-0.05, 0) is 24.3 Å². The van der Waals surface area contributed by atoms with Crippen molar-refractivity contribution in [3.8, 4) is 0 Å². The number of hydrogen-bond donors (Lipinski definition) is 1. The zero-order valence-corrected chi connectivity index (χ0v) is 12.0. The van der Waals surface area contributed by atoms with E-state index in [-0.39, 0.29) is 11.1 Å². The maximum atomic E-state index is 13.7. The lowest BCUT2D eigenvalue weighted by atomic mass is 10.1. The van der Waals surface area contributed by atoms with E-state index in [0.29, 0.717) is 12.1 Å². The second kappa shape index (κ2) is 6.36. The Morgan fingerprint density at radius 2 is 1.94 bits per heavy atom. The van der Waals surface area contributed by atoms with Crippen LogP contribution in [0, 0.1) is 5.82 Å².